The smallest absolute Gasteiger partial charge is 0.309 e. The van der Waals surface area contributed by atoms with Gasteiger partial charge in [0.2, 0.25) is 0 Å². The van der Waals surface area contributed by atoms with Crippen LogP contribution in [0.4, 0.5) is 0 Å². The number of carbonyl (C=O) groups is 1. The molecule has 1 heterocycles. The highest BCUT2D eigenvalue weighted by Crippen LogP contribution is 2.37. The zero-order chi connectivity index (χ0) is 7.84. The summed E-state index contributed by atoms with van der Waals surface area (Å²) < 4.78 is 5.03. The summed E-state index contributed by atoms with van der Waals surface area (Å²) in [6.45, 7) is 0. The Morgan fingerprint density at radius 2 is 2.27 bits per heavy atom. The highest BCUT2D eigenvalue weighted by molar-refractivity contribution is 5.75. The van der Waals surface area contributed by atoms with Crippen LogP contribution in [0.1, 0.15) is 19.3 Å². The Balaban J connectivity index is 2.13. The predicted molar refractivity (Wildman–Crippen MR) is 36.3 cm³/mol. The molecule has 0 aromatic carbocycles. The number of ether oxygens (including phenoxy) is 1. The molecule has 0 radical (unpaired) electrons. The van der Waals surface area contributed by atoms with E-state index in [9.17, 15) is 4.79 Å². The van der Waals surface area contributed by atoms with Gasteiger partial charge in [-0.25, -0.2) is 0 Å². The van der Waals surface area contributed by atoms with E-state index < -0.39 is 0 Å². The summed E-state index contributed by atoms with van der Waals surface area (Å²) in [4.78, 5) is 11.0. The second kappa shape index (κ2) is 2.23. The molecule has 0 amide bonds. The number of rotatable bonds is 0. The van der Waals surface area contributed by atoms with E-state index >= 15 is 0 Å². The van der Waals surface area contributed by atoms with Crippen LogP contribution in [-0.2, 0) is 9.53 Å². The van der Waals surface area contributed by atoms with Gasteiger partial charge in [0.05, 0.1) is 17.9 Å². The molecule has 11 heavy (non-hydrogen) atoms. The van der Waals surface area contributed by atoms with Crippen molar-refractivity contribution in [2.24, 2.45) is 11.8 Å². The summed E-state index contributed by atoms with van der Waals surface area (Å²) >= 11 is 0. The van der Waals surface area contributed by atoms with Gasteiger partial charge in [-0.15, -0.1) is 0 Å². The van der Waals surface area contributed by atoms with Crippen molar-refractivity contribution in [3.8, 4) is 6.07 Å². The van der Waals surface area contributed by atoms with Crippen LogP contribution >= 0.6 is 0 Å². The number of nitrogens with zero attached hydrogens (tertiary/aromatic N) is 1. The van der Waals surface area contributed by atoms with Crippen molar-refractivity contribution in [3.63, 3.8) is 0 Å². The molecule has 1 saturated heterocycles. The van der Waals surface area contributed by atoms with Crippen LogP contribution in [-0.4, -0.2) is 12.1 Å². The van der Waals surface area contributed by atoms with Gasteiger partial charge in [0.15, 0.2) is 0 Å². The lowest BCUT2D eigenvalue weighted by Crippen LogP contribution is -2.18. The molecule has 3 nitrogen and oxygen atoms in total. The zero-order valence-corrected chi connectivity index (χ0v) is 6.12. The minimum Gasteiger partial charge on any atom is -0.462 e. The Morgan fingerprint density at radius 1 is 1.45 bits per heavy atom. The molecule has 2 bridgehead atoms. The first-order valence-corrected chi connectivity index (χ1v) is 3.89. The van der Waals surface area contributed by atoms with Crippen LogP contribution in [0.2, 0.25) is 0 Å². The van der Waals surface area contributed by atoms with Gasteiger partial charge in [-0.2, -0.15) is 5.26 Å². The molecular weight excluding hydrogens is 142 g/mol. The summed E-state index contributed by atoms with van der Waals surface area (Å²) in [5.74, 6) is -0.0173. The van der Waals surface area contributed by atoms with E-state index in [1.165, 1.54) is 0 Å². The number of hydrogen-bond acceptors (Lipinski definition) is 3. The maximum Gasteiger partial charge on any atom is 0.309 e. The van der Waals surface area contributed by atoms with Crippen molar-refractivity contribution in [2.75, 3.05) is 0 Å². The fourth-order valence-electron chi connectivity index (χ4n) is 1.92. The highest BCUT2D eigenvalue weighted by Gasteiger charge is 2.41. The fraction of sp³-hybridized carbons (Fsp3) is 0.750. The van der Waals surface area contributed by atoms with Crippen LogP contribution in [0.5, 0.6) is 0 Å². The molecule has 0 aromatic heterocycles. The molecule has 0 aromatic rings. The highest BCUT2D eigenvalue weighted by atomic mass is 16.6. The van der Waals surface area contributed by atoms with Crippen LogP contribution in [0.15, 0.2) is 0 Å². The van der Waals surface area contributed by atoms with Crippen LogP contribution in [0.3, 0.4) is 0 Å². The van der Waals surface area contributed by atoms with Crippen LogP contribution in [0, 0.1) is 23.2 Å². The van der Waals surface area contributed by atoms with Gasteiger partial charge in [0.25, 0.3) is 0 Å². The van der Waals surface area contributed by atoms with E-state index in [1.54, 1.807) is 0 Å². The average molecular weight is 151 g/mol. The van der Waals surface area contributed by atoms with E-state index in [2.05, 4.69) is 6.07 Å². The van der Waals surface area contributed by atoms with Crippen molar-refractivity contribution in [3.05, 3.63) is 0 Å². The van der Waals surface area contributed by atoms with E-state index in [4.69, 9.17) is 10.00 Å². The topological polar surface area (TPSA) is 50.1 Å². The molecular formula is C8H9NO2. The first-order chi connectivity index (χ1) is 5.29. The van der Waals surface area contributed by atoms with E-state index in [0.29, 0.717) is 6.42 Å². The second-order valence-electron chi connectivity index (χ2n) is 3.29. The summed E-state index contributed by atoms with van der Waals surface area (Å²) in [6.07, 6.45) is 2.35. The van der Waals surface area contributed by atoms with Gasteiger partial charge in [-0.05, 0) is 12.8 Å². The summed E-state index contributed by atoms with van der Waals surface area (Å²) in [6, 6.07) is 2.19. The van der Waals surface area contributed by atoms with Gasteiger partial charge in [0.1, 0.15) is 6.10 Å². The standard InChI is InChI=1S/C8H9NO2/c9-4-5-1-6-3-7(2-5)11-8(6)10/h5-7H,1-3H2. The lowest BCUT2D eigenvalue weighted by molar-refractivity contribution is -0.143. The maximum absolute atomic E-state index is 11.0. The molecule has 2 aliphatic rings. The molecule has 1 aliphatic carbocycles. The second-order valence-corrected chi connectivity index (χ2v) is 3.29. The molecule has 3 unspecified atom stereocenters. The predicted octanol–water partition coefficient (Wildman–Crippen LogP) is 0.852. The third-order valence-corrected chi connectivity index (χ3v) is 2.46. The molecule has 1 saturated carbocycles. The molecule has 1 aliphatic heterocycles. The normalized spacial score (nSPS) is 41.4. The number of carbonyl (C=O) groups excluding carboxylic acids is 1. The Bertz CT molecular complexity index is 231. The van der Waals surface area contributed by atoms with E-state index in [-0.39, 0.29) is 23.9 Å². The minimum atomic E-state index is -0.0900. The first-order valence-electron chi connectivity index (χ1n) is 3.89. The summed E-state index contributed by atoms with van der Waals surface area (Å²) in [5.41, 5.74) is 0. The summed E-state index contributed by atoms with van der Waals surface area (Å²) in [5, 5.41) is 8.62. The molecule has 3 heteroatoms. The Morgan fingerprint density at radius 3 is 2.91 bits per heavy atom. The van der Waals surface area contributed by atoms with Crippen molar-refractivity contribution < 1.29 is 9.53 Å². The number of fused-ring (bicyclic) bond motifs is 2. The number of nitriles is 1. The van der Waals surface area contributed by atoms with Crippen LogP contribution in [0.25, 0.3) is 0 Å². The SMILES string of the molecule is N#CC1CC2CC(C1)C(=O)O2. The lowest BCUT2D eigenvalue weighted by Gasteiger charge is -2.17. The maximum atomic E-state index is 11.0. The molecule has 0 spiro atoms. The quantitative estimate of drug-likeness (QED) is 0.482. The largest absolute Gasteiger partial charge is 0.462 e. The Labute approximate surface area is 64.9 Å². The lowest BCUT2D eigenvalue weighted by atomic mass is 9.83. The summed E-state index contributed by atoms with van der Waals surface area (Å²) in [7, 11) is 0. The van der Waals surface area contributed by atoms with Crippen molar-refractivity contribution in [1.82, 2.24) is 0 Å². The third kappa shape index (κ3) is 0.988. The molecule has 2 fully saturated rings. The minimum absolute atomic E-state index is 0.0263. The van der Waals surface area contributed by atoms with Gasteiger partial charge < -0.3 is 4.74 Å². The van der Waals surface area contributed by atoms with Crippen molar-refractivity contribution in [1.29, 1.82) is 5.26 Å². The Hall–Kier alpha value is -1.04. The van der Waals surface area contributed by atoms with Crippen LogP contribution < -0.4 is 0 Å². The third-order valence-electron chi connectivity index (χ3n) is 2.46. The zero-order valence-electron chi connectivity index (χ0n) is 6.12. The van der Waals surface area contributed by atoms with Gasteiger partial charge in [-0.1, -0.05) is 0 Å². The number of hydrogen-bond donors (Lipinski definition) is 0. The first kappa shape index (κ1) is 6.66. The van der Waals surface area contributed by atoms with Gasteiger partial charge in [-0.3, -0.25) is 4.79 Å². The number of esters is 1. The average Bonchev–Trinajstić information content (AvgIpc) is 2.26. The van der Waals surface area contributed by atoms with E-state index in [1.807, 2.05) is 0 Å². The van der Waals surface area contributed by atoms with E-state index in [0.717, 1.165) is 12.8 Å². The molecule has 58 valence electrons. The molecule has 3 atom stereocenters. The van der Waals surface area contributed by atoms with Gasteiger partial charge in [0, 0.05) is 6.42 Å². The molecule has 2 rings (SSSR count). The van der Waals surface area contributed by atoms with Crippen molar-refractivity contribution in [2.45, 2.75) is 25.4 Å². The fourth-order valence-corrected chi connectivity index (χ4v) is 1.92. The monoisotopic (exact) mass is 151 g/mol. The van der Waals surface area contributed by atoms with Gasteiger partial charge >= 0.3 is 5.97 Å². The van der Waals surface area contributed by atoms with Crippen molar-refractivity contribution >= 4 is 5.97 Å². The Kier molecular flexibility index (Phi) is 1.35. The molecule has 0 N–H and O–H groups in total.